The minimum Gasteiger partial charge on any atom is -0.352 e. The minimum atomic E-state index is -0.265. The number of anilines is 1. The fourth-order valence-corrected chi connectivity index (χ4v) is 3.32. The SMILES string of the molecule is CCCCNC(=O)c1cc2c(=O)n3cccc(C)c3nc2[n+](CC(C)C)c1N. The van der Waals surface area contributed by atoms with Gasteiger partial charge in [0.2, 0.25) is 11.5 Å². The molecule has 7 heteroatoms. The van der Waals surface area contributed by atoms with E-state index in [0.717, 1.165) is 18.4 Å². The van der Waals surface area contributed by atoms with E-state index in [-0.39, 0.29) is 17.4 Å². The van der Waals surface area contributed by atoms with Gasteiger partial charge in [-0.2, -0.15) is 0 Å². The maximum Gasteiger partial charge on any atom is 0.278 e. The van der Waals surface area contributed by atoms with E-state index in [4.69, 9.17) is 10.7 Å². The van der Waals surface area contributed by atoms with Crippen molar-refractivity contribution < 1.29 is 9.36 Å². The summed E-state index contributed by atoms with van der Waals surface area (Å²) in [4.78, 5) is 30.6. The Balaban J connectivity index is 2.31. The van der Waals surface area contributed by atoms with Crippen molar-refractivity contribution in [2.24, 2.45) is 5.92 Å². The van der Waals surface area contributed by atoms with Gasteiger partial charge >= 0.3 is 0 Å². The van der Waals surface area contributed by atoms with Crippen LogP contribution in [-0.2, 0) is 6.54 Å². The second-order valence-electron chi connectivity index (χ2n) is 7.60. The summed E-state index contributed by atoms with van der Waals surface area (Å²) in [5, 5.41) is 3.28. The summed E-state index contributed by atoms with van der Waals surface area (Å²) >= 11 is 0. The molecule has 3 N–H and O–H groups in total. The van der Waals surface area contributed by atoms with E-state index < -0.39 is 0 Å². The lowest BCUT2D eigenvalue weighted by molar-refractivity contribution is -0.664. The summed E-state index contributed by atoms with van der Waals surface area (Å²) < 4.78 is 3.31. The fourth-order valence-electron chi connectivity index (χ4n) is 3.32. The normalized spacial score (nSPS) is 11.5. The first-order chi connectivity index (χ1) is 13.3. The highest BCUT2D eigenvalue weighted by atomic mass is 16.1. The summed E-state index contributed by atoms with van der Waals surface area (Å²) in [6, 6.07) is 5.31. The monoisotopic (exact) mass is 382 g/mol. The number of unbranched alkanes of at least 4 members (excludes halogenated alkanes) is 1. The summed E-state index contributed by atoms with van der Waals surface area (Å²) in [5.41, 5.74) is 8.50. The van der Waals surface area contributed by atoms with Gasteiger partial charge in [0.15, 0.2) is 0 Å². The van der Waals surface area contributed by atoms with Crippen molar-refractivity contribution in [1.29, 1.82) is 0 Å². The second kappa shape index (κ2) is 7.96. The largest absolute Gasteiger partial charge is 0.352 e. The first-order valence-corrected chi connectivity index (χ1v) is 9.77. The Kier molecular flexibility index (Phi) is 5.63. The summed E-state index contributed by atoms with van der Waals surface area (Å²) in [5.74, 6) is 0.338. The lowest BCUT2D eigenvalue weighted by atomic mass is 10.1. The number of rotatable bonds is 6. The molecule has 0 radical (unpaired) electrons. The molecule has 0 aliphatic heterocycles. The Morgan fingerprint density at radius 3 is 2.82 bits per heavy atom. The zero-order chi connectivity index (χ0) is 20.4. The number of hydrogen-bond acceptors (Lipinski definition) is 4. The van der Waals surface area contributed by atoms with Crippen LogP contribution >= 0.6 is 0 Å². The number of fused-ring (bicyclic) bond motifs is 2. The van der Waals surface area contributed by atoms with Crippen LogP contribution in [0.25, 0.3) is 16.7 Å². The molecule has 0 aliphatic carbocycles. The van der Waals surface area contributed by atoms with Gasteiger partial charge in [-0.1, -0.05) is 38.2 Å². The van der Waals surface area contributed by atoms with E-state index >= 15 is 0 Å². The lowest BCUT2D eigenvalue weighted by Crippen LogP contribution is -2.44. The predicted molar refractivity (Wildman–Crippen MR) is 110 cm³/mol. The Hall–Kier alpha value is -2.96. The van der Waals surface area contributed by atoms with Gasteiger partial charge in [-0.25, -0.2) is 4.57 Å². The van der Waals surface area contributed by atoms with Gasteiger partial charge in [0, 0.05) is 18.3 Å². The van der Waals surface area contributed by atoms with Crippen LogP contribution in [0.15, 0.2) is 29.2 Å². The van der Waals surface area contributed by atoms with Gasteiger partial charge in [0.1, 0.15) is 10.9 Å². The molecule has 0 aliphatic rings. The van der Waals surface area contributed by atoms with Crippen LogP contribution < -0.4 is 21.2 Å². The zero-order valence-electron chi connectivity index (χ0n) is 17.0. The molecule has 0 fully saturated rings. The fraction of sp³-hybridized carbons (Fsp3) is 0.429. The number of aryl methyl sites for hydroxylation is 1. The van der Waals surface area contributed by atoms with Crippen LogP contribution in [-0.4, -0.2) is 21.8 Å². The number of hydrogen-bond donors (Lipinski definition) is 2. The number of pyridine rings is 2. The third-order valence-electron chi connectivity index (χ3n) is 4.78. The molecule has 0 aromatic carbocycles. The van der Waals surface area contributed by atoms with Crippen LogP contribution in [0.1, 0.15) is 49.5 Å². The number of nitrogens with zero attached hydrogens (tertiary/aromatic N) is 3. The van der Waals surface area contributed by atoms with Crippen molar-refractivity contribution in [3.63, 3.8) is 0 Å². The Labute approximate surface area is 164 Å². The van der Waals surface area contributed by atoms with Gasteiger partial charge in [0.25, 0.3) is 17.1 Å². The Morgan fingerprint density at radius 2 is 2.14 bits per heavy atom. The molecule has 28 heavy (non-hydrogen) atoms. The van der Waals surface area contributed by atoms with Gasteiger partial charge in [-0.15, -0.1) is 0 Å². The molecule has 1 amide bonds. The summed E-state index contributed by atoms with van der Waals surface area (Å²) in [6.45, 7) is 9.24. The van der Waals surface area contributed by atoms with Crippen LogP contribution in [0, 0.1) is 12.8 Å². The third-order valence-corrected chi connectivity index (χ3v) is 4.78. The highest BCUT2D eigenvalue weighted by Gasteiger charge is 2.25. The van der Waals surface area contributed by atoms with Crippen LogP contribution in [0.4, 0.5) is 5.82 Å². The summed E-state index contributed by atoms with van der Waals surface area (Å²) in [7, 11) is 0. The molecule has 0 saturated carbocycles. The minimum absolute atomic E-state index is 0.205. The number of nitrogens with two attached hydrogens (primary N) is 1. The lowest BCUT2D eigenvalue weighted by Gasteiger charge is -2.14. The number of nitrogens with one attached hydrogen (secondary N) is 1. The molecule has 3 aromatic rings. The highest BCUT2D eigenvalue weighted by Crippen LogP contribution is 2.16. The number of nitrogen functional groups attached to an aromatic ring is 1. The first-order valence-electron chi connectivity index (χ1n) is 9.77. The van der Waals surface area contributed by atoms with Gasteiger partial charge < -0.3 is 11.1 Å². The van der Waals surface area contributed by atoms with Crippen molar-refractivity contribution in [1.82, 2.24) is 14.7 Å². The Morgan fingerprint density at radius 1 is 1.39 bits per heavy atom. The zero-order valence-corrected chi connectivity index (χ0v) is 17.0. The third kappa shape index (κ3) is 3.56. The maximum absolute atomic E-state index is 13.2. The molecular weight excluding hydrogens is 354 g/mol. The standard InChI is InChI=1S/C21H27N5O2/c1-5-6-9-23-20(27)15-11-16-19(26(17(15)22)12-13(2)3)24-18-14(4)8-7-10-25(18)21(16)28/h7-8,10-11,13,22H,5-6,9,12H2,1-4H3,(H,23,27)/p+1. The number of carbonyl (C=O) groups excluding carboxylic acids is 1. The predicted octanol–water partition coefficient (Wildman–Crippen LogP) is 2.21. The van der Waals surface area contributed by atoms with E-state index in [1.807, 2.05) is 19.1 Å². The molecule has 0 spiro atoms. The van der Waals surface area contributed by atoms with Crippen molar-refractivity contribution in [2.75, 3.05) is 12.3 Å². The van der Waals surface area contributed by atoms with Crippen molar-refractivity contribution >= 4 is 28.4 Å². The van der Waals surface area contributed by atoms with Crippen LogP contribution in [0.2, 0.25) is 0 Å². The van der Waals surface area contributed by atoms with E-state index in [9.17, 15) is 9.59 Å². The molecule has 3 aromatic heterocycles. The molecule has 0 atom stereocenters. The molecule has 0 saturated heterocycles. The van der Waals surface area contributed by atoms with Crippen molar-refractivity contribution in [3.05, 3.63) is 45.9 Å². The molecule has 0 bridgehead atoms. The van der Waals surface area contributed by atoms with Gasteiger partial charge in [-0.3, -0.25) is 14.0 Å². The summed E-state index contributed by atoms with van der Waals surface area (Å²) in [6.07, 6.45) is 3.57. The average molecular weight is 382 g/mol. The van der Waals surface area contributed by atoms with Gasteiger partial charge in [0.05, 0.1) is 6.54 Å². The number of carbonyl (C=O) groups is 1. The molecule has 3 heterocycles. The quantitative estimate of drug-likeness (QED) is 0.388. The van der Waals surface area contributed by atoms with Crippen molar-refractivity contribution in [2.45, 2.75) is 47.1 Å². The topological polar surface area (TPSA) is 93.4 Å². The van der Waals surface area contributed by atoms with E-state index in [1.54, 1.807) is 16.8 Å². The molecular formula is C21H28N5O2+. The van der Waals surface area contributed by atoms with Crippen molar-refractivity contribution in [3.8, 4) is 0 Å². The second-order valence-corrected chi connectivity index (χ2v) is 7.60. The number of aromatic nitrogens is 3. The molecule has 7 nitrogen and oxygen atoms in total. The molecule has 148 valence electrons. The number of amides is 1. The maximum atomic E-state index is 13.2. The van der Waals surface area contributed by atoms with Crippen LogP contribution in [0.3, 0.4) is 0 Å². The Bertz CT molecular complexity index is 1100. The molecule has 3 rings (SSSR count). The average Bonchev–Trinajstić information content (AvgIpc) is 2.65. The highest BCUT2D eigenvalue weighted by molar-refractivity contribution is 6.00. The van der Waals surface area contributed by atoms with E-state index in [0.29, 0.717) is 41.2 Å². The van der Waals surface area contributed by atoms with E-state index in [2.05, 4.69) is 26.1 Å². The smallest absolute Gasteiger partial charge is 0.278 e. The molecule has 0 unspecified atom stereocenters. The van der Waals surface area contributed by atoms with Crippen LogP contribution in [0.5, 0.6) is 0 Å². The van der Waals surface area contributed by atoms with Gasteiger partial charge in [-0.05, 0) is 31.4 Å². The first kappa shape index (κ1) is 19.8. The van der Waals surface area contributed by atoms with E-state index in [1.165, 1.54) is 4.40 Å².